The fourth-order valence-electron chi connectivity index (χ4n) is 2.24. The number of benzene rings is 2. The number of aromatic nitrogens is 1. The van der Waals surface area contributed by atoms with Gasteiger partial charge in [0.05, 0.1) is 11.3 Å². The van der Waals surface area contributed by atoms with Crippen LogP contribution in [0.3, 0.4) is 0 Å². The number of ether oxygens (including phenoxy) is 2. The molecule has 140 valence electrons. The van der Waals surface area contributed by atoms with Gasteiger partial charge in [0.1, 0.15) is 11.8 Å². The lowest BCUT2D eigenvalue weighted by atomic mass is 10.2. The van der Waals surface area contributed by atoms with Crippen molar-refractivity contribution in [1.29, 1.82) is 5.26 Å². The zero-order valence-corrected chi connectivity index (χ0v) is 15.4. The highest BCUT2D eigenvalue weighted by atomic mass is 32.1. The molecule has 0 saturated heterocycles. The van der Waals surface area contributed by atoms with Crippen molar-refractivity contribution in [3.05, 3.63) is 65.5 Å². The van der Waals surface area contributed by atoms with E-state index < -0.39 is 25.1 Å². The molecule has 1 amide bonds. The Morgan fingerprint density at radius 2 is 1.82 bits per heavy atom. The number of para-hydroxylation sites is 1. The Morgan fingerprint density at radius 3 is 2.61 bits per heavy atom. The average molecular weight is 393 g/mol. The summed E-state index contributed by atoms with van der Waals surface area (Å²) >= 11 is 1.28. The lowest BCUT2D eigenvalue weighted by Crippen LogP contribution is -2.23. The van der Waals surface area contributed by atoms with Crippen molar-refractivity contribution in [2.45, 2.75) is 0 Å². The number of rotatable bonds is 7. The van der Waals surface area contributed by atoms with Gasteiger partial charge in [0.2, 0.25) is 0 Å². The van der Waals surface area contributed by atoms with E-state index in [4.69, 9.17) is 14.7 Å². The molecule has 0 bridgehead atoms. The lowest BCUT2D eigenvalue weighted by molar-refractivity contribution is -0.149. The van der Waals surface area contributed by atoms with Crippen molar-refractivity contribution in [2.24, 2.45) is 0 Å². The molecule has 0 unspecified atom stereocenters. The van der Waals surface area contributed by atoms with Crippen LogP contribution in [-0.4, -0.2) is 30.1 Å². The van der Waals surface area contributed by atoms with Crippen molar-refractivity contribution in [1.82, 2.24) is 4.98 Å². The largest absolute Gasteiger partial charge is 0.481 e. The maximum absolute atomic E-state index is 11.9. The van der Waals surface area contributed by atoms with Crippen molar-refractivity contribution in [3.8, 4) is 23.1 Å². The van der Waals surface area contributed by atoms with Crippen LogP contribution in [-0.2, 0) is 14.3 Å². The third kappa shape index (κ3) is 5.16. The third-order valence-corrected chi connectivity index (χ3v) is 4.30. The molecule has 0 aliphatic heterocycles. The molecule has 0 fully saturated rings. The highest BCUT2D eigenvalue weighted by molar-refractivity contribution is 7.14. The maximum atomic E-state index is 11.9. The second-order valence-corrected chi connectivity index (χ2v) is 6.37. The number of carbonyl (C=O) groups excluding carboxylic acids is 2. The summed E-state index contributed by atoms with van der Waals surface area (Å²) < 4.78 is 10.1. The minimum Gasteiger partial charge on any atom is -0.481 e. The van der Waals surface area contributed by atoms with Gasteiger partial charge in [0.25, 0.3) is 5.91 Å². The molecule has 2 aromatic carbocycles. The SMILES string of the molecule is N#Cc1ccccc1OCC(=O)OCC(=O)Nc1nc(-c2ccccc2)cs1. The number of nitriles is 1. The van der Waals surface area contributed by atoms with E-state index in [0.717, 1.165) is 11.3 Å². The molecule has 1 N–H and O–H groups in total. The lowest BCUT2D eigenvalue weighted by Gasteiger charge is -2.07. The normalized spacial score (nSPS) is 9.96. The molecule has 7 nitrogen and oxygen atoms in total. The Labute approximate surface area is 165 Å². The van der Waals surface area contributed by atoms with Crippen LogP contribution < -0.4 is 10.1 Å². The van der Waals surface area contributed by atoms with Gasteiger partial charge in [-0.15, -0.1) is 11.3 Å². The number of hydrogen-bond donors (Lipinski definition) is 1. The van der Waals surface area contributed by atoms with Crippen molar-refractivity contribution >= 4 is 28.3 Å². The molecule has 8 heteroatoms. The van der Waals surface area contributed by atoms with Gasteiger partial charge in [-0.05, 0) is 12.1 Å². The van der Waals surface area contributed by atoms with Crippen LogP contribution in [0.25, 0.3) is 11.3 Å². The first-order valence-electron chi connectivity index (χ1n) is 8.24. The number of anilines is 1. The molecule has 1 aromatic heterocycles. The first-order chi connectivity index (χ1) is 13.7. The molecule has 0 atom stereocenters. The maximum Gasteiger partial charge on any atom is 0.344 e. The van der Waals surface area contributed by atoms with E-state index in [-0.39, 0.29) is 5.75 Å². The van der Waals surface area contributed by atoms with Gasteiger partial charge >= 0.3 is 5.97 Å². The van der Waals surface area contributed by atoms with Crippen molar-refractivity contribution in [2.75, 3.05) is 18.5 Å². The quantitative estimate of drug-likeness (QED) is 0.619. The van der Waals surface area contributed by atoms with Crippen molar-refractivity contribution < 1.29 is 19.1 Å². The van der Waals surface area contributed by atoms with Crippen LogP contribution in [0.5, 0.6) is 5.75 Å². The van der Waals surface area contributed by atoms with Gasteiger partial charge in [-0.25, -0.2) is 9.78 Å². The van der Waals surface area contributed by atoms with Gasteiger partial charge in [-0.3, -0.25) is 10.1 Å². The minimum atomic E-state index is -0.716. The van der Waals surface area contributed by atoms with E-state index in [1.807, 2.05) is 41.8 Å². The highest BCUT2D eigenvalue weighted by Crippen LogP contribution is 2.24. The third-order valence-electron chi connectivity index (χ3n) is 3.54. The summed E-state index contributed by atoms with van der Waals surface area (Å²) in [5.74, 6) is -0.936. The number of esters is 1. The number of nitrogens with zero attached hydrogens (tertiary/aromatic N) is 2. The summed E-state index contributed by atoms with van der Waals surface area (Å²) in [4.78, 5) is 28.0. The smallest absolute Gasteiger partial charge is 0.344 e. The summed E-state index contributed by atoms with van der Waals surface area (Å²) in [5.41, 5.74) is 2.01. The van der Waals surface area contributed by atoms with Gasteiger partial charge in [0, 0.05) is 10.9 Å². The predicted molar refractivity (Wildman–Crippen MR) is 104 cm³/mol. The van der Waals surface area contributed by atoms with E-state index in [9.17, 15) is 9.59 Å². The molecule has 3 aromatic rings. The van der Waals surface area contributed by atoms with Gasteiger partial charge in [-0.2, -0.15) is 5.26 Å². The first-order valence-corrected chi connectivity index (χ1v) is 9.12. The monoisotopic (exact) mass is 393 g/mol. The number of hydrogen-bond acceptors (Lipinski definition) is 7. The number of thiazole rings is 1. The van der Waals surface area contributed by atoms with Gasteiger partial charge in [0.15, 0.2) is 18.3 Å². The number of amides is 1. The van der Waals surface area contributed by atoms with E-state index >= 15 is 0 Å². The summed E-state index contributed by atoms with van der Waals surface area (Å²) in [6.45, 7) is -0.857. The van der Waals surface area contributed by atoms with Crippen LogP contribution >= 0.6 is 11.3 Å². The van der Waals surface area contributed by atoms with E-state index in [1.165, 1.54) is 11.3 Å². The van der Waals surface area contributed by atoms with E-state index in [2.05, 4.69) is 10.3 Å². The topological polar surface area (TPSA) is 101 Å². The second kappa shape index (κ2) is 9.30. The van der Waals surface area contributed by atoms with E-state index in [0.29, 0.717) is 10.7 Å². The Kier molecular flexibility index (Phi) is 6.33. The Balaban J connectivity index is 1.45. The first kappa shape index (κ1) is 19.1. The summed E-state index contributed by atoms with van der Waals surface area (Å²) in [6.07, 6.45) is 0. The summed E-state index contributed by atoms with van der Waals surface area (Å²) in [6, 6.07) is 18.1. The number of carbonyl (C=O) groups is 2. The molecule has 28 heavy (non-hydrogen) atoms. The zero-order chi connectivity index (χ0) is 19.8. The molecule has 1 heterocycles. The Hall–Kier alpha value is -3.70. The van der Waals surface area contributed by atoms with Crippen LogP contribution in [0.4, 0.5) is 5.13 Å². The second-order valence-electron chi connectivity index (χ2n) is 5.51. The summed E-state index contributed by atoms with van der Waals surface area (Å²) in [5, 5.41) is 13.8. The van der Waals surface area contributed by atoms with Crippen LogP contribution in [0, 0.1) is 11.3 Å². The number of nitrogens with one attached hydrogen (secondary N) is 1. The fraction of sp³-hybridized carbons (Fsp3) is 0.100. The average Bonchev–Trinajstić information content (AvgIpc) is 3.20. The van der Waals surface area contributed by atoms with Crippen LogP contribution in [0.1, 0.15) is 5.56 Å². The van der Waals surface area contributed by atoms with Crippen molar-refractivity contribution in [3.63, 3.8) is 0 Å². The standard InChI is InChI=1S/C20H15N3O4S/c21-10-15-8-4-5-9-17(15)26-12-19(25)27-11-18(24)23-20-22-16(13-28-20)14-6-2-1-3-7-14/h1-9,13H,11-12H2,(H,22,23,24). The molecule has 0 radical (unpaired) electrons. The fourth-order valence-corrected chi connectivity index (χ4v) is 2.97. The predicted octanol–water partition coefficient (Wildman–Crippen LogP) is 3.24. The van der Waals surface area contributed by atoms with Gasteiger partial charge in [-0.1, -0.05) is 42.5 Å². The van der Waals surface area contributed by atoms with Gasteiger partial charge < -0.3 is 9.47 Å². The molecule has 0 spiro atoms. The molecular formula is C20H15N3O4S. The summed E-state index contributed by atoms with van der Waals surface area (Å²) in [7, 11) is 0. The highest BCUT2D eigenvalue weighted by Gasteiger charge is 2.12. The Morgan fingerprint density at radius 1 is 1.07 bits per heavy atom. The Bertz CT molecular complexity index is 1010. The molecule has 3 rings (SSSR count). The van der Waals surface area contributed by atoms with Crippen LogP contribution in [0.15, 0.2) is 60.0 Å². The van der Waals surface area contributed by atoms with E-state index in [1.54, 1.807) is 24.3 Å². The molecule has 0 aliphatic rings. The minimum absolute atomic E-state index is 0.280. The molecular weight excluding hydrogens is 378 g/mol. The zero-order valence-electron chi connectivity index (χ0n) is 14.6. The molecule has 0 aliphatic carbocycles. The van der Waals surface area contributed by atoms with Crippen LogP contribution in [0.2, 0.25) is 0 Å². The molecule has 0 saturated carbocycles.